The molecule has 0 saturated carbocycles. The quantitative estimate of drug-likeness (QED) is 0.338. The van der Waals surface area contributed by atoms with Gasteiger partial charge in [0, 0.05) is 30.0 Å². The zero-order chi connectivity index (χ0) is 29.3. The Balaban J connectivity index is 1.20. The first-order chi connectivity index (χ1) is 19.5. The summed E-state index contributed by atoms with van der Waals surface area (Å²) in [5.74, 6) is -0.397. The number of likely N-dealkylation sites (tertiary alicyclic amines) is 1. The predicted molar refractivity (Wildman–Crippen MR) is 143 cm³/mol. The highest BCUT2D eigenvalue weighted by molar-refractivity contribution is 7.92. The van der Waals surface area contributed by atoms with Crippen LogP contribution in [0.2, 0.25) is 0 Å². The van der Waals surface area contributed by atoms with E-state index in [9.17, 15) is 30.8 Å². The molecule has 16 heteroatoms. The summed E-state index contributed by atoms with van der Waals surface area (Å²) in [5.41, 5.74) is 3.70. The molecule has 0 bridgehead atoms. The summed E-state index contributed by atoms with van der Waals surface area (Å²) in [6, 6.07) is 7.54. The van der Waals surface area contributed by atoms with Crippen molar-refractivity contribution in [2.24, 2.45) is 0 Å². The number of nitrogens with one attached hydrogen (secondary N) is 2. The molecule has 2 aromatic heterocycles. The minimum absolute atomic E-state index is 0.0722. The summed E-state index contributed by atoms with van der Waals surface area (Å²) in [7, 11) is -3.48. The summed E-state index contributed by atoms with van der Waals surface area (Å²) in [6.45, 7) is 0.186. The van der Waals surface area contributed by atoms with E-state index in [1.165, 1.54) is 16.2 Å². The van der Waals surface area contributed by atoms with Crippen LogP contribution in [0.15, 0.2) is 41.8 Å². The van der Waals surface area contributed by atoms with Gasteiger partial charge in [0.25, 0.3) is 12.9 Å². The lowest BCUT2D eigenvalue weighted by Gasteiger charge is -2.31. The Hall–Kier alpha value is -3.50. The van der Waals surface area contributed by atoms with Crippen LogP contribution in [0.25, 0.3) is 5.70 Å². The van der Waals surface area contributed by atoms with Crippen molar-refractivity contribution in [3.05, 3.63) is 69.4 Å². The normalized spacial score (nSPS) is 18.2. The molecular weight excluding hydrogens is 588 g/mol. The third-order valence-corrected chi connectivity index (χ3v) is 8.33. The standard InChI is InChI=1S/C25H26F4N6O4S2/c1-41(37,38)33-16-5-3-2-4-15(16)21-11-17(32-39-21)19-13-40-25(30-19)14-6-8-34(9-7-14)22(36)12-35-20(24(28)29)10-18(31-35)23(26)27/h2-5,10-11,13-14,21,23-24,32-33H,6-9,12H2,1H3. The van der Waals surface area contributed by atoms with Crippen molar-refractivity contribution in [2.75, 3.05) is 24.1 Å². The van der Waals surface area contributed by atoms with E-state index in [-0.39, 0.29) is 5.92 Å². The number of halogens is 4. The van der Waals surface area contributed by atoms with Gasteiger partial charge in [-0.05, 0) is 31.1 Å². The number of piperidine rings is 1. The van der Waals surface area contributed by atoms with Crippen LogP contribution in [0, 0.1) is 0 Å². The number of nitrogens with zero attached hydrogens (tertiary/aromatic N) is 4. The summed E-state index contributed by atoms with van der Waals surface area (Å²) in [6.07, 6.45) is -2.52. The molecule has 4 heterocycles. The second-order valence-corrected chi connectivity index (χ2v) is 12.3. The van der Waals surface area contributed by atoms with Crippen molar-refractivity contribution >= 4 is 38.7 Å². The number of anilines is 1. The van der Waals surface area contributed by atoms with Crippen molar-refractivity contribution in [3.8, 4) is 0 Å². The third kappa shape index (κ3) is 6.70. The number of sulfonamides is 1. The molecule has 41 heavy (non-hydrogen) atoms. The van der Waals surface area contributed by atoms with Crippen molar-refractivity contribution in [1.82, 2.24) is 25.1 Å². The van der Waals surface area contributed by atoms with E-state index in [4.69, 9.17) is 9.82 Å². The molecular formula is C25H26F4N6O4S2. The van der Waals surface area contributed by atoms with E-state index < -0.39 is 52.8 Å². The summed E-state index contributed by atoms with van der Waals surface area (Å²) in [5, 5.41) is 6.24. The number of benzene rings is 1. The number of aromatic nitrogens is 3. The molecule has 3 aromatic rings. The zero-order valence-corrected chi connectivity index (χ0v) is 23.3. The summed E-state index contributed by atoms with van der Waals surface area (Å²) in [4.78, 5) is 24.7. The molecule has 0 aliphatic carbocycles. The highest BCUT2D eigenvalue weighted by atomic mass is 32.2. The van der Waals surface area contributed by atoms with Gasteiger partial charge in [-0.15, -0.1) is 11.3 Å². The van der Waals surface area contributed by atoms with Gasteiger partial charge >= 0.3 is 0 Å². The molecule has 5 rings (SSSR count). The lowest BCUT2D eigenvalue weighted by atomic mass is 9.97. The fourth-order valence-electron chi connectivity index (χ4n) is 4.74. The number of carbonyl (C=O) groups is 1. The number of rotatable bonds is 9. The van der Waals surface area contributed by atoms with Crippen LogP contribution in [0.3, 0.4) is 0 Å². The number of hydroxylamine groups is 1. The number of para-hydroxylation sites is 1. The molecule has 1 fully saturated rings. The Bertz CT molecular complexity index is 1550. The molecule has 2 aliphatic rings. The maximum atomic E-state index is 13.3. The van der Waals surface area contributed by atoms with E-state index in [0.717, 1.165) is 11.3 Å². The number of alkyl halides is 4. The Morgan fingerprint density at radius 2 is 1.93 bits per heavy atom. The highest BCUT2D eigenvalue weighted by Gasteiger charge is 2.29. The van der Waals surface area contributed by atoms with E-state index in [1.54, 1.807) is 24.3 Å². The van der Waals surface area contributed by atoms with Crippen LogP contribution >= 0.6 is 11.3 Å². The number of hydrogen-bond acceptors (Lipinski definition) is 8. The molecule has 1 unspecified atom stereocenters. The minimum Gasteiger partial charge on any atom is -0.341 e. The van der Waals surface area contributed by atoms with Gasteiger partial charge in [0.2, 0.25) is 15.9 Å². The Kier molecular flexibility index (Phi) is 8.33. The Morgan fingerprint density at radius 3 is 2.61 bits per heavy atom. The largest absolute Gasteiger partial charge is 0.341 e. The molecule has 220 valence electrons. The first-order valence-corrected chi connectivity index (χ1v) is 15.3. The molecule has 0 spiro atoms. The maximum absolute atomic E-state index is 13.3. The first-order valence-electron chi connectivity index (χ1n) is 12.6. The second kappa shape index (κ2) is 11.8. The van der Waals surface area contributed by atoms with Gasteiger partial charge in [-0.25, -0.2) is 31.0 Å². The minimum atomic E-state index is -3.48. The smallest absolute Gasteiger partial charge is 0.282 e. The predicted octanol–water partition coefficient (Wildman–Crippen LogP) is 4.61. The highest BCUT2D eigenvalue weighted by Crippen LogP contribution is 2.36. The number of amides is 1. The van der Waals surface area contributed by atoms with E-state index >= 15 is 0 Å². The van der Waals surface area contributed by atoms with Gasteiger partial charge in [0.05, 0.1) is 28.3 Å². The lowest BCUT2D eigenvalue weighted by Crippen LogP contribution is -2.40. The van der Waals surface area contributed by atoms with Crippen LogP contribution < -0.4 is 10.2 Å². The monoisotopic (exact) mass is 614 g/mol. The first kappa shape index (κ1) is 29.0. The van der Waals surface area contributed by atoms with E-state index in [2.05, 4.69) is 15.3 Å². The second-order valence-electron chi connectivity index (χ2n) is 9.66. The summed E-state index contributed by atoms with van der Waals surface area (Å²) >= 11 is 1.46. The van der Waals surface area contributed by atoms with Crippen LogP contribution in [0.5, 0.6) is 0 Å². The molecule has 0 radical (unpaired) electrons. The van der Waals surface area contributed by atoms with Gasteiger partial charge < -0.3 is 4.90 Å². The van der Waals surface area contributed by atoms with Crippen LogP contribution in [0.1, 0.15) is 65.4 Å². The Morgan fingerprint density at radius 1 is 1.20 bits per heavy atom. The lowest BCUT2D eigenvalue weighted by molar-refractivity contribution is -0.133. The van der Waals surface area contributed by atoms with Gasteiger partial charge in [-0.1, -0.05) is 18.2 Å². The van der Waals surface area contributed by atoms with E-state index in [0.29, 0.717) is 59.3 Å². The molecule has 1 aromatic carbocycles. The number of carbonyl (C=O) groups excluding carboxylic acids is 1. The molecule has 1 atom stereocenters. The molecule has 10 nitrogen and oxygen atoms in total. The Labute approximate surface area is 237 Å². The fraction of sp³-hybridized carbons (Fsp3) is 0.400. The summed E-state index contributed by atoms with van der Waals surface area (Å²) < 4.78 is 79.0. The molecule has 1 saturated heterocycles. The van der Waals surface area contributed by atoms with Crippen molar-refractivity contribution in [2.45, 2.75) is 44.3 Å². The maximum Gasteiger partial charge on any atom is 0.282 e. The van der Waals surface area contributed by atoms with Gasteiger partial charge in [0.15, 0.2) is 0 Å². The topological polar surface area (TPSA) is 118 Å². The van der Waals surface area contributed by atoms with Gasteiger partial charge in [-0.3, -0.25) is 24.5 Å². The molecule has 2 N–H and O–H groups in total. The van der Waals surface area contributed by atoms with Crippen molar-refractivity contribution < 1.29 is 35.6 Å². The van der Waals surface area contributed by atoms with Crippen molar-refractivity contribution in [1.29, 1.82) is 0 Å². The van der Waals surface area contributed by atoms with Crippen molar-refractivity contribution in [3.63, 3.8) is 0 Å². The van der Waals surface area contributed by atoms with Crippen LogP contribution in [-0.4, -0.2) is 53.3 Å². The SMILES string of the molecule is CS(=O)(=O)Nc1ccccc1C1C=C(c2csc(C3CCN(C(=O)Cn4nc(C(F)F)cc4C(F)F)CC3)n2)NO1. The van der Waals surface area contributed by atoms with Crippen LogP contribution in [-0.2, 0) is 26.2 Å². The average molecular weight is 615 g/mol. The molecule has 2 aliphatic heterocycles. The third-order valence-electron chi connectivity index (χ3n) is 6.73. The van der Waals surface area contributed by atoms with Gasteiger partial charge in [-0.2, -0.15) is 5.10 Å². The molecule has 1 amide bonds. The zero-order valence-electron chi connectivity index (χ0n) is 21.6. The van der Waals surface area contributed by atoms with Gasteiger partial charge in [0.1, 0.15) is 24.0 Å². The van der Waals surface area contributed by atoms with E-state index in [1.807, 2.05) is 11.5 Å². The fourth-order valence-corrected chi connectivity index (χ4v) is 6.32. The van der Waals surface area contributed by atoms with Crippen LogP contribution in [0.4, 0.5) is 23.2 Å². The number of hydrogen-bond donors (Lipinski definition) is 2. The number of thiazole rings is 1. The average Bonchev–Trinajstić information content (AvgIpc) is 3.68.